The molecular formula is C11H16ClN3O. The molecule has 1 aromatic heterocycles. The Kier molecular flexibility index (Phi) is 3.51. The molecule has 88 valence electrons. The van der Waals surface area contributed by atoms with E-state index in [1.807, 2.05) is 18.0 Å². The van der Waals surface area contributed by atoms with Gasteiger partial charge in [0, 0.05) is 32.0 Å². The Morgan fingerprint density at radius 3 is 3.06 bits per heavy atom. The number of aromatic nitrogens is 1. The number of nitrogens with zero attached hydrogens (tertiary/aromatic N) is 2. The summed E-state index contributed by atoms with van der Waals surface area (Å²) in [5.41, 5.74) is 6.36. The molecule has 0 radical (unpaired) electrons. The minimum atomic E-state index is 0.298. The van der Waals surface area contributed by atoms with Gasteiger partial charge in [-0.1, -0.05) is 11.6 Å². The van der Waals surface area contributed by atoms with E-state index in [9.17, 15) is 0 Å². The first-order chi connectivity index (χ1) is 7.65. The molecule has 0 bridgehead atoms. The number of pyridine rings is 1. The van der Waals surface area contributed by atoms with Crippen LogP contribution in [0.15, 0.2) is 12.1 Å². The number of nitrogens with two attached hydrogens (primary N) is 1. The molecule has 1 saturated heterocycles. The van der Waals surface area contributed by atoms with Crippen LogP contribution in [0.25, 0.3) is 0 Å². The Balaban J connectivity index is 2.04. The van der Waals surface area contributed by atoms with Gasteiger partial charge in [-0.3, -0.25) is 0 Å². The van der Waals surface area contributed by atoms with Crippen LogP contribution in [-0.4, -0.2) is 31.3 Å². The third-order valence-corrected chi connectivity index (χ3v) is 2.89. The molecule has 2 heterocycles. The standard InChI is InChI=1S/C11H16ClN3O/c1-15(7-9-3-2-4-16-9)11-6-8(13)5-10(12)14-11/h5-6,9H,2-4,7H2,1H3,(H2,13,14). The third kappa shape index (κ3) is 2.77. The Labute approximate surface area is 100 Å². The molecule has 1 aliphatic heterocycles. The van der Waals surface area contributed by atoms with Gasteiger partial charge in [0.1, 0.15) is 11.0 Å². The number of nitrogen functional groups attached to an aromatic ring is 1. The fourth-order valence-corrected chi connectivity index (χ4v) is 2.10. The monoisotopic (exact) mass is 241 g/mol. The van der Waals surface area contributed by atoms with Crippen molar-refractivity contribution in [3.8, 4) is 0 Å². The largest absolute Gasteiger partial charge is 0.399 e. The number of likely N-dealkylation sites (N-methyl/N-ethyl adjacent to an activating group) is 1. The van der Waals surface area contributed by atoms with Gasteiger partial charge in [-0.15, -0.1) is 0 Å². The van der Waals surface area contributed by atoms with Gasteiger partial charge in [0.25, 0.3) is 0 Å². The normalized spacial score (nSPS) is 20.0. The van der Waals surface area contributed by atoms with Crippen molar-refractivity contribution in [3.63, 3.8) is 0 Å². The van der Waals surface area contributed by atoms with E-state index in [2.05, 4.69) is 4.98 Å². The molecular weight excluding hydrogens is 226 g/mol. The summed E-state index contributed by atoms with van der Waals surface area (Å²) < 4.78 is 5.57. The van der Waals surface area contributed by atoms with Crippen molar-refractivity contribution in [1.82, 2.24) is 4.98 Å². The van der Waals surface area contributed by atoms with Gasteiger partial charge in [-0.2, -0.15) is 0 Å². The molecule has 0 amide bonds. The summed E-state index contributed by atoms with van der Waals surface area (Å²) in [6, 6.07) is 3.46. The molecule has 1 fully saturated rings. The molecule has 2 N–H and O–H groups in total. The molecule has 0 saturated carbocycles. The summed E-state index contributed by atoms with van der Waals surface area (Å²) in [6.07, 6.45) is 2.55. The Hall–Kier alpha value is -1.00. The molecule has 5 heteroatoms. The van der Waals surface area contributed by atoms with Crippen LogP contribution in [0.1, 0.15) is 12.8 Å². The topological polar surface area (TPSA) is 51.4 Å². The SMILES string of the molecule is CN(CC1CCCO1)c1cc(N)cc(Cl)n1. The summed E-state index contributed by atoms with van der Waals surface area (Å²) in [6.45, 7) is 1.69. The van der Waals surface area contributed by atoms with Gasteiger partial charge in [-0.05, 0) is 18.9 Å². The second-order valence-electron chi connectivity index (χ2n) is 4.10. The van der Waals surface area contributed by atoms with Crippen molar-refractivity contribution in [2.45, 2.75) is 18.9 Å². The van der Waals surface area contributed by atoms with Gasteiger partial charge in [-0.25, -0.2) is 4.98 Å². The highest BCUT2D eigenvalue weighted by atomic mass is 35.5. The van der Waals surface area contributed by atoms with E-state index < -0.39 is 0 Å². The summed E-state index contributed by atoms with van der Waals surface area (Å²) in [7, 11) is 1.97. The molecule has 0 spiro atoms. The van der Waals surface area contributed by atoms with E-state index in [0.29, 0.717) is 16.9 Å². The number of hydrogen-bond donors (Lipinski definition) is 1. The lowest BCUT2D eigenvalue weighted by Gasteiger charge is -2.22. The Bertz CT molecular complexity index is 346. The Morgan fingerprint density at radius 1 is 1.62 bits per heavy atom. The van der Waals surface area contributed by atoms with Crippen LogP contribution in [0.2, 0.25) is 5.15 Å². The number of ether oxygens (including phenoxy) is 1. The van der Waals surface area contributed by atoms with E-state index in [1.54, 1.807) is 6.07 Å². The van der Waals surface area contributed by atoms with Crippen LogP contribution >= 0.6 is 11.6 Å². The molecule has 1 unspecified atom stereocenters. The minimum absolute atomic E-state index is 0.298. The molecule has 1 aliphatic rings. The summed E-state index contributed by atoms with van der Waals surface area (Å²) in [4.78, 5) is 6.26. The van der Waals surface area contributed by atoms with Crippen molar-refractivity contribution in [1.29, 1.82) is 0 Å². The minimum Gasteiger partial charge on any atom is -0.399 e. The highest BCUT2D eigenvalue weighted by Gasteiger charge is 2.18. The predicted octanol–water partition coefficient (Wildman–Crippen LogP) is 1.93. The first-order valence-electron chi connectivity index (χ1n) is 5.41. The lowest BCUT2D eigenvalue weighted by Crippen LogP contribution is -2.29. The van der Waals surface area contributed by atoms with Crippen LogP contribution in [-0.2, 0) is 4.74 Å². The van der Waals surface area contributed by atoms with Crippen molar-refractivity contribution < 1.29 is 4.74 Å². The summed E-state index contributed by atoms with van der Waals surface area (Å²) in [5, 5.41) is 0.425. The predicted molar refractivity (Wildman–Crippen MR) is 65.9 cm³/mol. The van der Waals surface area contributed by atoms with E-state index in [-0.39, 0.29) is 0 Å². The lowest BCUT2D eigenvalue weighted by atomic mass is 10.2. The van der Waals surface area contributed by atoms with Crippen molar-refractivity contribution in [2.24, 2.45) is 0 Å². The van der Waals surface area contributed by atoms with Crippen LogP contribution in [0.4, 0.5) is 11.5 Å². The fourth-order valence-electron chi connectivity index (χ4n) is 1.89. The molecule has 0 aliphatic carbocycles. The lowest BCUT2D eigenvalue weighted by molar-refractivity contribution is 0.116. The smallest absolute Gasteiger partial charge is 0.133 e. The average Bonchev–Trinajstić information content (AvgIpc) is 2.68. The maximum Gasteiger partial charge on any atom is 0.133 e. The molecule has 1 atom stereocenters. The molecule has 4 nitrogen and oxygen atoms in total. The van der Waals surface area contributed by atoms with Crippen LogP contribution in [0.3, 0.4) is 0 Å². The maximum atomic E-state index is 5.86. The highest BCUT2D eigenvalue weighted by molar-refractivity contribution is 6.29. The van der Waals surface area contributed by atoms with Gasteiger partial charge >= 0.3 is 0 Å². The molecule has 1 aromatic rings. The Morgan fingerprint density at radius 2 is 2.44 bits per heavy atom. The number of halogens is 1. The van der Waals surface area contributed by atoms with Gasteiger partial charge in [0.05, 0.1) is 6.10 Å². The number of hydrogen-bond acceptors (Lipinski definition) is 4. The van der Waals surface area contributed by atoms with Gasteiger partial charge in [0.15, 0.2) is 0 Å². The summed E-state index contributed by atoms with van der Waals surface area (Å²) in [5.74, 6) is 0.792. The van der Waals surface area contributed by atoms with E-state index >= 15 is 0 Å². The molecule has 2 rings (SSSR count). The molecule has 16 heavy (non-hydrogen) atoms. The van der Waals surface area contributed by atoms with Gasteiger partial charge < -0.3 is 15.4 Å². The van der Waals surface area contributed by atoms with Gasteiger partial charge in [0.2, 0.25) is 0 Å². The van der Waals surface area contributed by atoms with Crippen molar-refractivity contribution in [3.05, 3.63) is 17.3 Å². The number of anilines is 2. The first kappa shape index (κ1) is 11.5. The van der Waals surface area contributed by atoms with E-state index in [4.69, 9.17) is 22.1 Å². The average molecular weight is 242 g/mol. The van der Waals surface area contributed by atoms with Crippen molar-refractivity contribution in [2.75, 3.05) is 30.8 Å². The zero-order valence-electron chi connectivity index (χ0n) is 9.32. The molecule has 0 aromatic carbocycles. The second-order valence-corrected chi connectivity index (χ2v) is 4.48. The zero-order chi connectivity index (χ0) is 11.5. The first-order valence-corrected chi connectivity index (χ1v) is 5.79. The highest BCUT2D eigenvalue weighted by Crippen LogP contribution is 2.20. The van der Waals surface area contributed by atoms with E-state index in [1.165, 1.54) is 0 Å². The summed E-state index contributed by atoms with van der Waals surface area (Å²) >= 11 is 5.86. The zero-order valence-corrected chi connectivity index (χ0v) is 10.1. The van der Waals surface area contributed by atoms with E-state index in [0.717, 1.165) is 31.8 Å². The quantitative estimate of drug-likeness (QED) is 0.822. The van der Waals surface area contributed by atoms with Crippen LogP contribution in [0, 0.1) is 0 Å². The maximum absolute atomic E-state index is 5.86. The second kappa shape index (κ2) is 4.89. The fraction of sp³-hybridized carbons (Fsp3) is 0.545. The number of rotatable bonds is 3. The van der Waals surface area contributed by atoms with Crippen LogP contribution < -0.4 is 10.6 Å². The van der Waals surface area contributed by atoms with Crippen molar-refractivity contribution >= 4 is 23.1 Å². The third-order valence-electron chi connectivity index (χ3n) is 2.70. The van der Waals surface area contributed by atoms with Crippen LogP contribution in [0.5, 0.6) is 0 Å².